The minimum absolute atomic E-state index is 0.0168. The lowest BCUT2D eigenvalue weighted by Crippen LogP contribution is -2.30. The van der Waals surface area contributed by atoms with Gasteiger partial charge in [-0.2, -0.15) is 0 Å². The van der Waals surface area contributed by atoms with Gasteiger partial charge in [-0.15, -0.1) is 0 Å². The van der Waals surface area contributed by atoms with Crippen LogP contribution in [0.4, 0.5) is 0 Å². The van der Waals surface area contributed by atoms with Gasteiger partial charge in [0, 0.05) is 17.6 Å². The number of amides is 1. The topological polar surface area (TPSA) is 47.6 Å². The molecule has 0 spiro atoms. The van der Waals surface area contributed by atoms with Crippen LogP contribution < -0.4 is 10.1 Å². The van der Waals surface area contributed by atoms with Gasteiger partial charge in [0.2, 0.25) is 0 Å². The van der Waals surface area contributed by atoms with Gasteiger partial charge in [0.05, 0.1) is 6.10 Å². The van der Waals surface area contributed by atoms with E-state index in [2.05, 4.69) is 21.2 Å². The molecule has 0 aliphatic heterocycles. The van der Waals surface area contributed by atoms with Gasteiger partial charge in [0.1, 0.15) is 5.75 Å². The molecule has 5 heteroatoms. The van der Waals surface area contributed by atoms with Crippen molar-refractivity contribution in [3.05, 3.63) is 64.6 Å². The zero-order chi connectivity index (χ0) is 17.2. The predicted octanol–water partition coefficient (Wildman–Crippen LogP) is 4.11. The fourth-order valence-corrected chi connectivity index (χ4v) is 2.38. The van der Waals surface area contributed by atoms with E-state index < -0.39 is 0 Å². The van der Waals surface area contributed by atoms with Crippen molar-refractivity contribution < 1.29 is 14.3 Å². The van der Waals surface area contributed by atoms with E-state index in [0.29, 0.717) is 18.9 Å². The number of benzene rings is 2. The summed E-state index contributed by atoms with van der Waals surface area (Å²) in [6.45, 7) is 3.22. The first kappa shape index (κ1) is 18.5. The molecule has 0 aliphatic carbocycles. The fourth-order valence-electron chi connectivity index (χ4n) is 2.11. The fraction of sp³-hybridized carbons (Fsp3) is 0.316. The Kier molecular flexibility index (Phi) is 7.79. The summed E-state index contributed by atoms with van der Waals surface area (Å²) in [6.07, 6.45) is 0.823. The van der Waals surface area contributed by atoms with E-state index >= 15 is 0 Å². The molecule has 0 aliphatic rings. The number of carbonyl (C=O) groups is 1. The molecule has 24 heavy (non-hydrogen) atoms. The molecule has 0 saturated heterocycles. The van der Waals surface area contributed by atoms with Crippen LogP contribution in [-0.4, -0.2) is 25.7 Å². The van der Waals surface area contributed by atoms with Crippen LogP contribution in [0.25, 0.3) is 0 Å². The van der Waals surface area contributed by atoms with Crippen LogP contribution in [0, 0.1) is 0 Å². The van der Waals surface area contributed by atoms with E-state index in [-0.39, 0.29) is 18.6 Å². The molecule has 2 aromatic carbocycles. The third-order valence-corrected chi connectivity index (χ3v) is 3.99. The summed E-state index contributed by atoms with van der Waals surface area (Å²) >= 11 is 3.35. The minimum Gasteiger partial charge on any atom is -0.484 e. The first-order chi connectivity index (χ1) is 11.6. The highest BCUT2D eigenvalue weighted by Crippen LogP contribution is 2.16. The number of ether oxygens (including phenoxy) is 2. The zero-order valence-corrected chi connectivity index (χ0v) is 15.3. The summed E-state index contributed by atoms with van der Waals surface area (Å²) in [5, 5.41) is 2.82. The van der Waals surface area contributed by atoms with Gasteiger partial charge in [0.25, 0.3) is 5.91 Å². The van der Waals surface area contributed by atoms with Crippen molar-refractivity contribution in [1.29, 1.82) is 0 Å². The molecule has 0 radical (unpaired) electrons. The minimum atomic E-state index is -0.131. The molecular formula is C19H22BrNO3. The average molecular weight is 392 g/mol. The Morgan fingerprint density at radius 2 is 1.83 bits per heavy atom. The summed E-state index contributed by atoms with van der Waals surface area (Å²) in [5.74, 6) is 0.544. The molecule has 2 aromatic rings. The summed E-state index contributed by atoms with van der Waals surface area (Å²) in [4.78, 5) is 11.7. The predicted molar refractivity (Wildman–Crippen MR) is 98.1 cm³/mol. The van der Waals surface area contributed by atoms with E-state index in [9.17, 15) is 4.79 Å². The van der Waals surface area contributed by atoms with Crippen LogP contribution in [0.2, 0.25) is 0 Å². The Labute approximate surface area is 151 Å². The second-order valence-corrected chi connectivity index (χ2v) is 6.29. The molecule has 1 N–H and O–H groups in total. The lowest BCUT2D eigenvalue weighted by Gasteiger charge is -2.13. The molecular weight excluding hydrogens is 370 g/mol. The van der Waals surface area contributed by atoms with Crippen LogP contribution >= 0.6 is 15.9 Å². The number of hydrogen-bond donors (Lipinski definition) is 1. The van der Waals surface area contributed by atoms with Gasteiger partial charge in [0.15, 0.2) is 6.61 Å². The molecule has 128 valence electrons. The molecule has 2 rings (SSSR count). The van der Waals surface area contributed by atoms with E-state index in [1.165, 1.54) is 0 Å². The summed E-state index contributed by atoms with van der Waals surface area (Å²) in [5.41, 5.74) is 1.16. The first-order valence-electron chi connectivity index (χ1n) is 7.97. The normalized spacial score (nSPS) is 11.8. The largest absolute Gasteiger partial charge is 0.484 e. The lowest BCUT2D eigenvalue weighted by molar-refractivity contribution is -0.123. The van der Waals surface area contributed by atoms with Crippen LogP contribution in [0.3, 0.4) is 0 Å². The maximum Gasteiger partial charge on any atom is 0.257 e. The molecule has 4 nitrogen and oxygen atoms in total. The summed E-state index contributed by atoms with van der Waals surface area (Å²) < 4.78 is 12.2. The number of carbonyl (C=O) groups excluding carboxylic acids is 1. The average Bonchev–Trinajstić information content (AvgIpc) is 2.61. The highest BCUT2D eigenvalue weighted by Gasteiger charge is 2.05. The SMILES string of the molecule is CC(OCCCNC(=O)COc1ccc(Br)cc1)c1ccccc1. The van der Waals surface area contributed by atoms with E-state index in [0.717, 1.165) is 16.5 Å². The van der Waals surface area contributed by atoms with Crippen molar-refractivity contribution in [3.8, 4) is 5.75 Å². The number of nitrogens with one attached hydrogen (secondary N) is 1. The van der Waals surface area contributed by atoms with Crippen LogP contribution in [0.1, 0.15) is 25.0 Å². The number of halogens is 1. The van der Waals surface area contributed by atoms with Gasteiger partial charge in [-0.25, -0.2) is 0 Å². The monoisotopic (exact) mass is 391 g/mol. The van der Waals surface area contributed by atoms with Crippen LogP contribution in [0.5, 0.6) is 5.75 Å². The maximum atomic E-state index is 11.7. The molecule has 0 bridgehead atoms. The summed E-state index contributed by atoms with van der Waals surface area (Å²) in [6, 6.07) is 17.5. The molecule has 0 fully saturated rings. The van der Waals surface area contributed by atoms with E-state index in [1.54, 1.807) is 0 Å². The Morgan fingerprint density at radius 1 is 1.12 bits per heavy atom. The van der Waals surface area contributed by atoms with Gasteiger partial charge in [-0.3, -0.25) is 4.79 Å². The van der Waals surface area contributed by atoms with E-state index in [1.807, 2.05) is 61.5 Å². The van der Waals surface area contributed by atoms with Gasteiger partial charge in [-0.1, -0.05) is 46.3 Å². The van der Waals surface area contributed by atoms with Crippen LogP contribution in [0.15, 0.2) is 59.1 Å². The molecule has 1 unspecified atom stereocenters. The Morgan fingerprint density at radius 3 is 2.54 bits per heavy atom. The van der Waals surface area contributed by atoms with Gasteiger partial charge in [-0.05, 0) is 43.2 Å². The van der Waals surface area contributed by atoms with Crippen molar-refractivity contribution in [2.24, 2.45) is 0 Å². The Hall–Kier alpha value is -1.85. The molecule has 0 heterocycles. The van der Waals surface area contributed by atoms with Gasteiger partial charge >= 0.3 is 0 Å². The number of hydrogen-bond acceptors (Lipinski definition) is 3. The Bertz CT molecular complexity index is 616. The second-order valence-electron chi connectivity index (χ2n) is 5.37. The zero-order valence-electron chi connectivity index (χ0n) is 13.7. The third-order valence-electron chi connectivity index (χ3n) is 3.46. The molecule has 1 amide bonds. The summed E-state index contributed by atoms with van der Waals surface area (Å²) in [7, 11) is 0. The van der Waals surface area contributed by atoms with Crippen LogP contribution in [-0.2, 0) is 9.53 Å². The highest BCUT2D eigenvalue weighted by atomic mass is 79.9. The number of rotatable bonds is 9. The highest BCUT2D eigenvalue weighted by molar-refractivity contribution is 9.10. The second kappa shape index (κ2) is 10.1. The Balaban J connectivity index is 1.55. The first-order valence-corrected chi connectivity index (χ1v) is 8.76. The van der Waals surface area contributed by atoms with Crippen molar-refractivity contribution >= 4 is 21.8 Å². The third kappa shape index (κ3) is 6.72. The molecule has 0 saturated carbocycles. The van der Waals surface area contributed by atoms with Crippen molar-refractivity contribution in [2.75, 3.05) is 19.8 Å². The quantitative estimate of drug-likeness (QED) is 0.654. The lowest BCUT2D eigenvalue weighted by atomic mass is 10.1. The molecule has 0 aromatic heterocycles. The smallest absolute Gasteiger partial charge is 0.257 e. The van der Waals surface area contributed by atoms with Crippen molar-refractivity contribution in [3.63, 3.8) is 0 Å². The van der Waals surface area contributed by atoms with E-state index in [4.69, 9.17) is 9.47 Å². The standard InChI is InChI=1S/C19H22BrNO3/c1-15(16-6-3-2-4-7-16)23-13-5-12-21-19(22)14-24-18-10-8-17(20)9-11-18/h2-4,6-11,15H,5,12-14H2,1H3,(H,21,22). The van der Waals surface area contributed by atoms with Crippen molar-refractivity contribution in [2.45, 2.75) is 19.4 Å². The maximum absolute atomic E-state index is 11.7. The van der Waals surface area contributed by atoms with Crippen molar-refractivity contribution in [1.82, 2.24) is 5.32 Å². The molecule has 1 atom stereocenters. The van der Waals surface area contributed by atoms with Gasteiger partial charge < -0.3 is 14.8 Å².